The summed E-state index contributed by atoms with van der Waals surface area (Å²) >= 11 is 0. The first-order chi connectivity index (χ1) is 11.8. The number of benzene rings is 2. The minimum atomic E-state index is -1.49. The summed E-state index contributed by atoms with van der Waals surface area (Å²) in [6.45, 7) is 4.85. The zero-order valence-corrected chi connectivity index (χ0v) is 13.4. The molecule has 0 unspecified atom stereocenters. The maximum absolute atomic E-state index is 14.4. The molecule has 4 nitrogen and oxygen atoms in total. The third kappa shape index (κ3) is 4.19. The van der Waals surface area contributed by atoms with Gasteiger partial charge in [-0.2, -0.15) is 0 Å². The Kier molecular flexibility index (Phi) is 5.82. The number of rotatable bonds is 7. The fourth-order valence-electron chi connectivity index (χ4n) is 2.18. The van der Waals surface area contributed by atoms with Crippen molar-refractivity contribution in [2.24, 2.45) is 0 Å². The van der Waals surface area contributed by atoms with Gasteiger partial charge in [0.1, 0.15) is 5.82 Å². The second kappa shape index (κ2) is 7.85. The van der Waals surface area contributed by atoms with Gasteiger partial charge in [-0.3, -0.25) is 0 Å². The molecule has 25 heavy (non-hydrogen) atoms. The zero-order chi connectivity index (χ0) is 18.6. The first-order valence-corrected chi connectivity index (χ1v) is 7.31. The molecule has 0 heterocycles. The highest BCUT2D eigenvalue weighted by atomic mass is 19.2. The molecule has 0 saturated carbocycles. The lowest BCUT2D eigenvalue weighted by Gasteiger charge is -2.15. The quantitative estimate of drug-likeness (QED) is 0.567. The van der Waals surface area contributed by atoms with Gasteiger partial charge in [-0.1, -0.05) is 12.1 Å². The third-order valence-electron chi connectivity index (χ3n) is 3.39. The number of hydrogen-bond donors (Lipinski definition) is 2. The van der Waals surface area contributed by atoms with E-state index in [0.717, 1.165) is 6.07 Å². The lowest BCUT2D eigenvalue weighted by molar-refractivity contribution is 0.0697. The molecule has 7 heteroatoms. The minimum absolute atomic E-state index is 0.0953. The Balaban J connectivity index is 2.47. The summed E-state index contributed by atoms with van der Waals surface area (Å²) < 4.78 is 47.5. The molecular formula is C18H16F3NO3. The fourth-order valence-corrected chi connectivity index (χ4v) is 2.18. The maximum atomic E-state index is 14.4. The van der Waals surface area contributed by atoms with Crippen LogP contribution < -0.4 is 5.32 Å². The van der Waals surface area contributed by atoms with Crippen molar-refractivity contribution in [2.45, 2.75) is 13.5 Å². The number of aromatic carboxylic acids is 1. The number of hydrogen-bond acceptors (Lipinski definition) is 3. The largest absolute Gasteiger partial charge is 0.478 e. The summed E-state index contributed by atoms with van der Waals surface area (Å²) in [5.41, 5.74) is -0.979. The van der Waals surface area contributed by atoms with E-state index in [9.17, 15) is 23.1 Å². The number of halogens is 3. The van der Waals surface area contributed by atoms with Gasteiger partial charge in [0.2, 0.25) is 0 Å². The molecule has 0 saturated heterocycles. The van der Waals surface area contributed by atoms with Crippen molar-refractivity contribution in [3.63, 3.8) is 0 Å². The molecule has 0 aliphatic heterocycles. The topological polar surface area (TPSA) is 58.6 Å². The fraction of sp³-hybridized carbons (Fsp3) is 0.167. The van der Waals surface area contributed by atoms with Crippen LogP contribution in [0.15, 0.2) is 36.9 Å². The lowest BCUT2D eigenvalue weighted by atomic mass is 10.1. The molecule has 0 amide bonds. The molecule has 2 N–H and O–H groups in total. The van der Waals surface area contributed by atoms with Gasteiger partial charge in [0.25, 0.3) is 0 Å². The summed E-state index contributed by atoms with van der Waals surface area (Å²) in [5, 5.41) is 11.6. The number of carbonyl (C=O) groups is 1. The van der Waals surface area contributed by atoms with Gasteiger partial charge in [-0.25, -0.2) is 18.0 Å². The summed E-state index contributed by atoms with van der Waals surface area (Å²) in [5.74, 6) is -4.88. The number of carboxylic acid groups (broad SMARTS) is 1. The Bertz CT molecular complexity index is 822. The highest BCUT2D eigenvalue weighted by molar-refractivity contribution is 5.95. The average molecular weight is 351 g/mol. The lowest BCUT2D eigenvalue weighted by Crippen LogP contribution is -2.11. The van der Waals surface area contributed by atoms with Crippen molar-refractivity contribution >= 4 is 17.3 Å². The van der Waals surface area contributed by atoms with Crippen LogP contribution in [0.4, 0.5) is 24.5 Å². The van der Waals surface area contributed by atoms with Crippen LogP contribution in [-0.2, 0) is 11.3 Å². The molecule has 0 spiro atoms. The van der Waals surface area contributed by atoms with Crippen molar-refractivity contribution in [3.8, 4) is 0 Å². The highest BCUT2D eigenvalue weighted by Crippen LogP contribution is 2.30. The number of ether oxygens (including phenoxy) is 1. The Labute approximate surface area is 142 Å². The van der Waals surface area contributed by atoms with E-state index in [1.165, 1.54) is 18.2 Å². The number of carboxylic acids is 1. The number of aryl methyl sites for hydroxylation is 1. The molecule has 0 bridgehead atoms. The van der Waals surface area contributed by atoms with Crippen LogP contribution in [0.1, 0.15) is 21.5 Å². The molecule has 0 aromatic heterocycles. The van der Waals surface area contributed by atoms with Crippen LogP contribution in [-0.4, -0.2) is 17.7 Å². The molecule has 0 fully saturated rings. The maximum Gasteiger partial charge on any atom is 0.337 e. The van der Waals surface area contributed by atoms with Crippen molar-refractivity contribution < 1.29 is 27.8 Å². The summed E-state index contributed by atoms with van der Waals surface area (Å²) in [4.78, 5) is 11.4. The van der Waals surface area contributed by atoms with Crippen molar-refractivity contribution in [3.05, 3.63) is 71.1 Å². The Morgan fingerprint density at radius 2 is 2.00 bits per heavy atom. The zero-order valence-electron chi connectivity index (χ0n) is 13.4. The predicted molar refractivity (Wildman–Crippen MR) is 87.6 cm³/mol. The molecule has 0 radical (unpaired) electrons. The standard InChI is InChI=1S/C18H16F3NO3/c1-3-6-25-9-11-8-12(18(23)24)17(16(21)15(11)20)22-14-5-4-10(2)7-13(14)19/h3-5,7-8,22H,1,6,9H2,2H3,(H,23,24). The normalized spacial score (nSPS) is 10.6. The summed E-state index contributed by atoms with van der Waals surface area (Å²) in [6.07, 6.45) is 1.42. The molecule has 2 aromatic rings. The summed E-state index contributed by atoms with van der Waals surface area (Å²) in [6, 6.07) is 5.01. The van der Waals surface area contributed by atoms with Gasteiger partial charge in [-0.05, 0) is 30.7 Å². The van der Waals surface area contributed by atoms with Gasteiger partial charge in [0.15, 0.2) is 11.6 Å². The molecular weight excluding hydrogens is 335 g/mol. The minimum Gasteiger partial charge on any atom is -0.478 e. The van der Waals surface area contributed by atoms with Crippen LogP contribution in [0, 0.1) is 24.4 Å². The van der Waals surface area contributed by atoms with Crippen LogP contribution in [0.5, 0.6) is 0 Å². The second-order valence-electron chi connectivity index (χ2n) is 5.30. The molecule has 132 valence electrons. The van der Waals surface area contributed by atoms with Crippen LogP contribution in [0.2, 0.25) is 0 Å². The molecule has 0 aliphatic rings. The second-order valence-corrected chi connectivity index (χ2v) is 5.30. The van der Waals surface area contributed by atoms with E-state index in [1.807, 2.05) is 0 Å². The molecule has 2 aromatic carbocycles. The summed E-state index contributed by atoms with van der Waals surface area (Å²) in [7, 11) is 0. The first kappa shape index (κ1) is 18.5. The van der Waals surface area contributed by atoms with Crippen molar-refractivity contribution in [2.75, 3.05) is 11.9 Å². The third-order valence-corrected chi connectivity index (χ3v) is 3.39. The van der Waals surface area contributed by atoms with E-state index in [-0.39, 0.29) is 24.5 Å². The van der Waals surface area contributed by atoms with Crippen molar-refractivity contribution in [1.29, 1.82) is 0 Å². The van der Waals surface area contributed by atoms with Gasteiger partial charge in [0, 0.05) is 5.56 Å². The van der Waals surface area contributed by atoms with Gasteiger partial charge < -0.3 is 15.2 Å². The van der Waals surface area contributed by atoms with Gasteiger partial charge >= 0.3 is 5.97 Å². The number of nitrogens with one attached hydrogen (secondary N) is 1. The van der Waals surface area contributed by atoms with E-state index in [1.54, 1.807) is 13.0 Å². The SMILES string of the molecule is C=CCOCc1cc(C(=O)O)c(Nc2ccc(C)cc2F)c(F)c1F. The van der Waals surface area contributed by atoms with E-state index >= 15 is 0 Å². The van der Waals surface area contributed by atoms with Crippen LogP contribution >= 0.6 is 0 Å². The Morgan fingerprint density at radius 3 is 2.60 bits per heavy atom. The Hall–Kier alpha value is -2.80. The van der Waals surface area contributed by atoms with Gasteiger partial charge in [0.05, 0.1) is 30.2 Å². The van der Waals surface area contributed by atoms with Crippen LogP contribution in [0.3, 0.4) is 0 Å². The average Bonchev–Trinajstić information content (AvgIpc) is 2.55. The molecule has 0 atom stereocenters. The molecule has 0 aliphatic carbocycles. The van der Waals surface area contributed by atoms with Gasteiger partial charge in [-0.15, -0.1) is 6.58 Å². The van der Waals surface area contributed by atoms with E-state index in [2.05, 4.69) is 11.9 Å². The molecule has 2 rings (SSSR count). The highest BCUT2D eigenvalue weighted by Gasteiger charge is 2.23. The smallest absolute Gasteiger partial charge is 0.337 e. The monoisotopic (exact) mass is 351 g/mol. The van der Waals surface area contributed by atoms with Crippen molar-refractivity contribution in [1.82, 2.24) is 0 Å². The predicted octanol–water partition coefficient (Wildman–Crippen LogP) is 4.56. The van der Waals surface area contributed by atoms with E-state index in [4.69, 9.17) is 4.74 Å². The number of anilines is 2. The first-order valence-electron chi connectivity index (χ1n) is 7.31. The van der Waals surface area contributed by atoms with Crippen LogP contribution in [0.25, 0.3) is 0 Å². The Morgan fingerprint density at radius 1 is 1.28 bits per heavy atom. The van der Waals surface area contributed by atoms with E-state index in [0.29, 0.717) is 5.56 Å². The van der Waals surface area contributed by atoms with E-state index < -0.39 is 34.7 Å².